The van der Waals surface area contributed by atoms with Crippen molar-refractivity contribution in [3.8, 4) is 5.75 Å². The van der Waals surface area contributed by atoms with Gasteiger partial charge in [0.15, 0.2) is 0 Å². The van der Waals surface area contributed by atoms with Crippen molar-refractivity contribution in [3.05, 3.63) is 82.1 Å². The summed E-state index contributed by atoms with van der Waals surface area (Å²) in [6.45, 7) is 3.47. The number of rotatable bonds is 5. The molecule has 6 heteroatoms. The summed E-state index contributed by atoms with van der Waals surface area (Å²) in [4.78, 5) is 12.8. The van der Waals surface area contributed by atoms with Crippen molar-refractivity contribution in [1.82, 2.24) is 15.1 Å². The van der Waals surface area contributed by atoms with Crippen LogP contribution in [0.4, 0.5) is 0 Å². The van der Waals surface area contributed by atoms with Crippen LogP contribution in [0, 0.1) is 12.8 Å². The van der Waals surface area contributed by atoms with Gasteiger partial charge < -0.3 is 10.1 Å². The normalized spacial score (nSPS) is 15.6. The van der Waals surface area contributed by atoms with Gasteiger partial charge in [-0.1, -0.05) is 60.1 Å². The Morgan fingerprint density at radius 1 is 1.21 bits per heavy atom. The maximum absolute atomic E-state index is 12.8. The van der Waals surface area contributed by atoms with Gasteiger partial charge >= 0.3 is 0 Å². The van der Waals surface area contributed by atoms with E-state index in [0.29, 0.717) is 36.1 Å². The summed E-state index contributed by atoms with van der Waals surface area (Å²) in [6.07, 6.45) is 0.885. The number of para-hydroxylation sites is 1. The van der Waals surface area contributed by atoms with Gasteiger partial charge in [-0.25, -0.2) is 4.68 Å². The molecule has 28 heavy (non-hydrogen) atoms. The molecule has 3 aromatic rings. The van der Waals surface area contributed by atoms with Gasteiger partial charge in [-0.3, -0.25) is 4.79 Å². The maximum Gasteiger partial charge on any atom is 0.256 e. The lowest BCUT2D eigenvalue weighted by Gasteiger charge is -2.25. The number of hydrogen-bond donors (Lipinski definition) is 1. The molecular weight excluding hydrogens is 374 g/mol. The van der Waals surface area contributed by atoms with E-state index >= 15 is 0 Å². The number of fused-ring (bicyclic) bond motifs is 1. The number of carbonyl (C=O) groups excluding carboxylic acids is 1. The first-order chi connectivity index (χ1) is 13.6. The van der Waals surface area contributed by atoms with E-state index in [1.165, 1.54) is 5.56 Å². The van der Waals surface area contributed by atoms with E-state index in [2.05, 4.69) is 16.5 Å². The Morgan fingerprint density at radius 2 is 1.96 bits per heavy atom. The Balaban J connectivity index is 1.41. The Bertz CT molecular complexity index is 985. The molecule has 0 aliphatic carbocycles. The van der Waals surface area contributed by atoms with E-state index in [9.17, 15) is 4.79 Å². The summed E-state index contributed by atoms with van der Waals surface area (Å²) < 4.78 is 7.47. The number of halogens is 1. The molecule has 2 aromatic carbocycles. The number of hydrogen-bond acceptors (Lipinski definition) is 3. The highest BCUT2D eigenvalue weighted by atomic mass is 35.5. The monoisotopic (exact) mass is 395 g/mol. The molecule has 5 nitrogen and oxygen atoms in total. The molecule has 1 aliphatic heterocycles. The highest BCUT2D eigenvalue weighted by molar-refractivity contribution is 6.33. The fourth-order valence-electron chi connectivity index (χ4n) is 3.52. The first-order valence-corrected chi connectivity index (χ1v) is 9.75. The zero-order chi connectivity index (χ0) is 19.5. The molecule has 0 saturated heterocycles. The maximum atomic E-state index is 12.8. The van der Waals surface area contributed by atoms with Crippen molar-refractivity contribution in [1.29, 1.82) is 0 Å². The number of aryl methyl sites for hydroxylation is 1. The zero-order valence-corrected chi connectivity index (χ0v) is 16.4. The molecular formula is C22H22ClN3O2. The molecule has 1 amide bonds. The third-order valence-corrected chi connectivity index (χ3v) is 5.36. The second kappa shape index (κ2) is 8.07. The van der Waals surface area contributed by atoms with E-state index in [0.717, 1.165) is 17.7 Å². The van der Waals surface area contributed by atoms with Crippen LogP contribution in [0.15, 0.2) is 54.6 Å². The predicted molar refractivity (Wildman–Crippen MR) is 109 cm³/mol. The number of aromatic nitrogens is 2. The molecule has 1 N–H and O–H groups in total. The number of ether oxygens (including phenoxy) is 1. The molecule has 0 saturated carbocycles. The van der Waals surface area contributed by atoms with Gasteiger partial charge in [-0.2, -0.15) is 5.10 Å². The fraction of sp³-hybridized carbons (Fsp3) is 0.273. The number of amides is 1. The van der Waals surface area contributed by atoms with Crippen molar-refractivity contribution in [2.75, 3.05) is 13.2 Å². The Morgan fingerprint density at radius 3 is 2.79 bits per heavy atom. The molecule has 2 heterocycles. The van der Waals surface area contributed by atoms with Crippen LogP contribution in [0.2, 0.25) is 5.15 Å². The molecule has 1 aliphatic rings. The van der Waals surface area contributed by atoms with Crippen molar-refractivity contribution < 1.29 is 9.53 Å². The van der Waals surface area contributed by atoms with E-state index in [1.54, 1.807) is 4.68 Å². The first kappa shape index (κ1) is 18.6. The average Bonchev–Trinajstić information content (AvgIpc) is 3.00. The van der Waals surface area contributed by atoms with Gasteiger partial charge in [-0.05, 0) is 30.5 Å². The minimum atomic E-state index is -0.194. The lowest BCUT2D eigenvalue weighted by atomic mass is 9.96. The standard InChI is InChI=1S/C22H22ClN3O2/c1-15-20(21(23)26(25-15)13-16-7-3-2-4-8-16)22(27)24-12-17-11-18-9-5-6-10-19(18)28-14-17/h2-10,17H,11-14H2,1H3,(H,24,27). The SMILES string of the molecule is Cc1nn(Cc2ccccc2)c(Cl)c1C(=O)NCC1COc2ccccc2C1. The van der Waals surface area contributed by atoms with Gasteiger partial charge in [0.1, 0.15) is 10.9 Å². The number of carbonyl (C=O) groups is 1. The van der Waals surface area contributed by atoms with Gasteiger partial charge in [0.05, 0.1) is 24.4 Å². The van der Waals surface area contributed by atoms with Crippen molar-refractivity contribution in [3.63, 3.8) is 0 Å². The number of benzene rings is 2. The predicted octanol–water partition coefficient (Wildman–Crippen LogP) is 3.87. The van der Waals surface area contributed by atoms with Crippen molar-refractivity contribution in [2.24, 2.45) is 5.92 Å². The zero-order valence-electron chi connectivity index (χ0n) is 15.7. The second-order valence-electron chi connectivity index (χ2n) is 7.09. The summed E-state index contributed by atoms with van der Waals surface area (Å²) in [6, 6.07) is 17.9. The van der Waals surface area contributed by atoms with E-state index in [-0.39, 0.29) is 11.8 Å². The van der Waals surface area contributed by atoms with Gasteiger partial charge in [0.2, 0.25) is 0 Å². The van der Waals surface area contributed by atoms with Crippen LogP contribution in [-0.2, 0) is 13.0 Å². The first-order valence-electron chi connectivity index (χ1n) is 9.37. The van der Waals surface area contributed by atoms with Gasteiger partial charge in [0.25, 0.3) is 5.91 Å². The van der Waals surface area contributed by atoms with Crippen molar-refractivity contribution >= 4 is 17.5 Å². The Kier molecular flexibility index (Phi) is 5.35. The molecule has 0 spiro atoms. The molecule has 144 valence electrons. The summed E-state index contributed by atoms with van der Waals surface area (Å²) in [7, 11) is 0. The van der Waals surface area contributed by atoms with Crippen LogP contribution in [0.3, 0.4) is 0 Å². The van der Waals surface area contributed by atoms with Crippen LogP contribution < -0.4 is 10.1 Å². The Labute approximate surface area is 169 Å². The largest absolute Gasteiger partial charge is 0.493 e. The second-order valence-corrected chi connectivity index (χ2v) is 7.45. The minimum absolute atomic E-state index is 0.194. The van der Waals surface area contributed by atoms with Crippen LogP contribution in [0.5, 0.6) is 5.75 Å². The van der Waals surface area contributed by atoms with Crippen molar-refractivity contribution in [2.45, 2.75) is 19.9 Å². The highest BCUT2D eigenvalue weighted by Gasteiger charge is 2.23. The lowest BCUT2D eigenvalue weighted by molar-refractivity contribution is 0.0938. The highest BCUT2D eigenvalue weighted by Crippen LogP contribution is 2.27. The van der Waals surface area contributed by atoms with Gasteiger partial charge in [-0.15, -0.1) is 0 Å². The smallest absolute Gasteiger partial charge is 0.256 e. The third-order valence-electron chi connectivity index (χ3n) is 4.97. The number of nitrogens with one attached hydrogen (secondary N) is 1. The Hall–Kier alpha value is -2.79. The minimum Gasteiger partial charge on any atom is -0.493 e. The molecule has 1 aromatic heterocycles. The lowest BCUT2D eigenvalue weighted by Crippen LogP contribution is -2.35. The molecule has 0 fully saturated rings. The molecule has 4 rings (SSSR count). The molecule has 0 bridgehead atoms. The average molecular weight is 396 g/mol. The van der Waals surface area contributed by atoms with Crippen LogP contribution in [-0.4, -0.2) is 28.8 Å². The quantitative estimate of drug-likeness (QED) is 0.713. The molecule has 0 radical (unpaired) electrons. The summed E-state index contributed by atoms with van der Waals surface area (Å²) in [5, 5.41) is 7.82. The molecule has 1 atom stereocenters. The summed E-state index contributed by atoms with van der Waals surface area (Å²) in [5.74, 6) is 0.976. The van der Waals surface area contributed by atoms with E-state index in [4.69, 9.17) is 16.3 Å². The topological polar surface area (TPSA) is 56.2 Å². The summed E-state index contributed by atoms with van der Waals surface area (Å²) in [5.41, 5.74) is 3.33. The van der Waals surface area contributed by atoms with Crippen LogP contribution in [0.1, 0.15) is 27.2 Å². The van der Waals surface area contributed by atoms with Crippen LogP contribution >= 0.6 is 11.6 Å². The molecule has 1 unspecified atom stereocenters. The van der Waals surface area contributed by atoms with Crippen LogP contribution in [0.25, 0.3) is 0 Å². The fourth-order valence-corrected chi connectivity index (χ4v) is 3.84. The third kappa shape index (κ3) is 3.90. The van der Waals surface area contributed by atoms with E-state index < -0.39 is 0 Å². The summed E-state index contributed by atoms with van der Waals surface area (Å²) >= 11 is 6.48. The number of nitrogens with zero attached hydrogens (tertiary/aromatic N) is 2. The van der Waals surface area contributed by atoms with Gasteiger partial charge in [0, 0.05) is 12.5 Å². The van der Waals surface area contributed by atoms with E-state index in [1.807, 2.05) is 55.5 Å².